The van der Waals surface area contributed by atoms with Crippen LogP contribution >= 0.6 is 11.8 Å². The summed E-state index contributed by atoms with van der Waals surface area (Å²) in [6, 6.07) is 0. The lowest BCUT2D eigenvalue weighted by Gasteiger charge is -2.00. The third kappa shape index (κ3) is 12.0. The summed E-state index contributed by atoms with van der Waals surface area (Å²) in [4.78, 5) is 10.0. The Balaban J connectivity index is 2.81. The summed E-state index contributed by atoms with van der Waals surface area (Å²) < 4.78 is 0. The van der Waals surface area contributed by atoms with Crippen molar-refractivity contribution in [1.29, 1.82) is 0 Å². The molecule has 0 aliphatic carbocycles. The minimum atomic E-state index is 0.740. The molecule has 84 valence electrons. The van der Waals surface area contributed by atoms with Crippen molar-refractivity contribution in [3.05, 3.63) is 0 Å². The molecule has 0 aromatic rings. The minimum Gasteiger partial charge on any atom is -0.303 e. The van der Waals surface area contributed by atoms with E-state index in [0.717, 1.165) is 24.9 Å². The Morgan fingerprint density at radius 3 is 2.29 bits per heavy atom. The predicted molar refractivity (Wildman–Crippen MR) is 66.0 cm³/mol. The number of unbranched alkanes of at least 4 members (excludes halogenated alkanes) is 6. The van der Waals surface area contributed by atoms with Crippen LogP contribution in [0.4, 0.5) is 0 Å². The maximum atomic E-state index is 10.0. The maximum absolute atomic E-state index is 10.0. The molecule has 0 bridgehead atoms. The summed E-state index contributed by atoms with van der Waals surface area (Å²) in [5.41, 5.74) is 0. The van der Waals surface area contributed by atoms with Crippen LogP contribution in [0.25, 0.3) is 0 Å². The summed E-state index contributed by atoms with van der Waals surface area (Å²) in [6.07, 6.45) is 11.1. The van der Waals surface area contributed by atoms with Gasteiger partial charge in [-0.25, -0.2) is 0 Å². The van der Waals surface area contributed by atoms with E-state index in [-0.39, 0.29) is 0 Å². The van der Waals surface area contributed by atoms with Crippen LogP contribution in [0, 0.1) is 0 Å². The van der Waals surface area contributed by atoms with Crippen molar-refractivity contribution < 1.29 is 4.79 Å². The van der Waals surface area contributed by atoms with E-state index in [1.165, 1.54) is 44.3 Å². The van der Waals surface area contributed by atoms with E-state index in [0.29, 0.717) is 0 Å². The van der Waals surface area contributed by atoms with Crippen molar-refractivity contribution >= 4 is 18.0 Å². The number of aldehydes is 1. The molecule has 0 fully saturated rings. The van der Waals surface area contributed by atoms with E-state index in [1.807, 2.05) is 11.8 Å². The van der Waals surface area contributed by atoms with Crippen LogP contribution in [0.5, 0.6) is 0 Å². The van der Waals surface area contributed by atoms with Crippen molar-refractivity contribution in [2.75, 3.05) is 11.5 Å². The molecule has 0 rings (SSSR count). The first-order valence-corrected chi connectivity index (χ1v) is 7.08. The van der Waals surface area contributed by atoms with Gasteiger partial charge in [0.2, 0.25) is 0 Å². The van der Waals surface area contributed by atoms with Gasteiger partial charge in [-0.3, -0.25) is 0 Å². The first-order chi connectivity index (χ1) is 6.91. The molecule has 0 N–H and O–H groups in total. The molecular formula is C12H24OS. The summed E-state index contributed by atoms with van der Waals surface area (Å²) in [5, 5.41) is 0. The van der Waals surface area contributed by atoms with Gasteiger partial charge in [0, 0.05) is 6.42 Å². The van der Waals surface area contributed by atoms with E-state index < -0.39 is 0 Å². The lowest BCUT2D eigenvalue weighted by atomic mass is 10.1. The smallest absolute Gasteiger partial charge is 0.120 e. The van der Waals surface area contributed by atoms with E-state index in [2.05, 4.69) is 6.92 Å². The fraction of sp³-hybridized carbons (Fsp3) is 0.917. The highest BCUT2D eigenvalue weighted by Gasteiger charge is 1.91. The lowest BCUT2D eigenvalue weighted by Crippen LogP contribution is -1.86. The Kier molecular flexibility index (Phi) is 13.0. The van der Waals surface area contributed by atoms with Crippen molar-refractivity contribution in [3.8, 4) is 0 Å². The second-order valence-electron chi connectivity index (χ2n) is 3.69. The average molecular weight is 216 g/mol. The number of thioether (sulfide) groups is 1. The number of hydrogen-bond acceptors (Lipinski definition) is 2. The van der Waals surface area contributed by atoms with Crippen LogP contribution in [0.15, 0.2) is 0 Å². The number of hydrogen-bond donors (Lipinski definition) is 0. The Morgan fingerprint density at radius 1 is 0.929 bits per heavy atom. The van der Waals surface area contributed by atoms with Gasteiger partial charge in [-0.2, -0.15) is 11.8 Å². The third-order valence-corrected chi connectivity index (χ3v) is 3.41. The fourth-order valence-corrected chi connectivity index (χ4v) is 2.34. The summed E-state index contributed by atoms with van der Waals surface area (Å²) >= 11 is 2.00. The van der Waals surface area contributed by atoms with Gasteiger partial charge < -0.3 is 4.79 Å². The highest BCUT2D eigenvalue weighted by atomic mass is 32.2. The highest BCUT2D eigenvalue weighted by molar-refractivity contribution is 7.99. The second-order valence-corrected chi connectivity index (χ2v) is 4.91. The number of carbonyl (C=O) groups excluding carboxylic acids is 1. The zero-order chi connectivity index (χ0) is 10.5. The molecule has 0 aliphatic rings. The van der Waals surface area contributed by atoms with Crippen LogP contribution < -0.4 is 0 Å². The van der Waals surface area contributed by atoms with E-state index in [4.69, 9.17) is 0 Å². The van der Waals surface area contributed by atoms with E-state index in [9.17, 15) is 4.79 Å². The van der Waals surface area contributed by atoms with E-state index in [1.54, 1.807) is 0 Å². The molecule has 0 radical (unpaired) electrons. The first-order valence-electron chi connectivity index (χ1n) is 5.93. The molecular weight excluding hydrogens is 192 g/mol. The molecule has 0 saturated heterocycles. The summed E-state index contributed by atoms with van der Waals surface area (Å²) in [7, 11) is 0. The summed E-state index contributed by atoms with van der Waals surface area (Å²) in [5.74, 6) is 2.44. The highest BCUT2D eigenvalue weighted by Crippen LogP contribution is 2.10. The van der Waals surface area contributed by atoms with E-state index >= 15 is 0 Å². The van der Waals surface area contributed by atoms with Crippen molar-refractivity contribution in [1.82, 2.24) is 0 Å². The largest absolute Gasteiger partial charge is 0.303 e. The number of carbonyl (C=O) groups is 1. The Bertz CT molecular complexity index is 115. The molecule has 0 amide bonds. The molecule has 14 heavy (non-hydrogen) atoms. The Labute approximate surface area is 93.0 Å². The molecule has 0 spiro atoms. The molecule has 2 heteroatoms. The predicted octanol–water partition coefficient (Wildman–Crippen LogP) is 4.06. The topological polar surface area (TPSA) is 17.1 Å². The molecule has 0 unspecified atom stereocenters. The molecule has 0 saturated carbocycles. The molecule has 1 nitrogen and oxygen atoms in total. The normalized spacial score (nSPS) is 10.4. The zero-order valence-electron chi connectivity index (χ0n) is 9.46. The summed E-state index contributed by atoms with van der Waals surface area (Å²) in [6.45, 7) is 2.25. The van der Waals surface area contributed by atoms with Gasteiger partial charge in [0.25, 0.3) is 0 Å². The third-order valence-electron chi connectivity index (χ3n) is 2.25. The van der Waals surface area contributed by atoms with Crippen molar-refractivity contribution in [2.24, 2.45) is 0 Å². The van der Waals surface area contributed by atoms with Gasteiger partial charge in [-0.15, -0.1) is 0 Å². The SMILES string of the molecule is CCCCCCCCSCCCC=O. The Morgan fingerprint density at radius 2 is 1.57 bits per heavy atom. The Hall–Kier alpha value is 0.0200. The maximum Gasteiger partial charge on any atom is 0.120 e. The molecule has 0 heterocycles. The molecule has 0 aliphatic heterocycles. The quantitative estimate of drug-likeness (QED) is 0.383. The van der Waals surface area contributed by atoms with Crippen molar-refractivity contribution in [2.45, 2.75) is 58.3 Å². The van der Waals surface area contributed by atoms with Crippen molar-refractivity contribution in [3.63, 3.8) is 0 Å². The van der Waals surface area contributed by atoms with Gasteiger partial charge in [-0.1, -0.05) is 39.0 Å². The molecule has 0 aromatic carbocycles. The molecule has 0 aromatic heterocycles. The first kappa shape index (κ1) is 14.0. The molecule has 0 atom stereocenters. The second kappa shape index (κ2) is 13.0. The fourth-order valence-electron chi connectivity index (χ4n) is 1.36. The minimum absolute atomic E-state index is 0.740. The van der Waals surface area contributed by atoms with Gasteiger partial charge in [-0.05, 0) is 24.3 Å². The van der Waals surface area contributed by atoms with Crippen LogP contribution in [-0.2, 0) is 4.79 Å². The van der Waals surface area contributed by atoms with Gasteiger partial charge in [0.05, 0.1) is 0 Å². The van der Waals surface area contributed by atoms with Crippen LogP contribution in [0.2, 0.25) is 0 Å². The van der Waals surface area contributed by atoms with Crippen LogP contribution in [-0.4, -0.2) is 17.8 Å². The van der Waals surface area contributed by atoms with Crippen LogP contribution in [0.3, 0.4) is 0 Å². The number of rotatable bonds is 11. The monoisotopic (exact) mass is 216 g/mol. The lowest BCUT2D eigenvalue weighted by molar-refractivity contribution is -0.107. The van der Waals surface area contributed by atoms with Gasteiger partial charge in [0.1, 0.15) is 6.29 Å². The standard InChI is InChI=1S/C12H24OS/c1-2-3-4-5-6-8-11-14-12-9-7-10-13/h10H,2-9,11-12H2,1H3. The van der Waals surface area contributed by atoms with Gasteiger partial charge >= 0.3 is 0 Å². The zero-order valence-corrected chi connectivity index (χ0v) is 10.3. The average Bonchev–Trinajstić information content (AvgIpc) is 2.21. The van der Waals surface area contributed by atoms with Gasteiger partial charge in [0.15, 0.2) is 0 Å². The van der Waals surface area contributed by atoms with Crippen LogP contribution in [0.1, 0.15) is 58.3 Å².